The van der Waals surface area contributed by atoms with Crippen LogP contribution in [-0.2, 0) is 27.8 Å². The minimum atomic E-state index is -3.97. The van der Waals surface area contributed by atoms with Crippen molar-refractivity contribution >= 4 is 33.2 Å². The summed E-state index contributed by atoms with van der Waals surface area (Å²) in [6.07, 6.45) is 9.99. The molecule has 4 aliphatic rings. The molecule has 2 aromatic rings. The molecular weight excluding hydrogens is 720 g/mol. The van der Waals surface area contributed by atoms with Crippen molar-refractivity contribution < 1.29 is 22.7 Å². The van der Waals surface area contributed by atoms with Crippen molar-refractivity contribution in [2.24, 2.45) is 17.8 Å². The Morgan fingerprint density at radius 3 is 2.48 bits per heavy atom. The van der Waals surface area contributed by atoms with Crippen molar-refractivity contribution in [3.05, 3.63) is 70.3 Å². The summed E-state index contributed by atoms with van der Waals surface area (Å²) in [6.45, 7) is 20.5. The van der Waals surface area contributed by atoms with Crippen molar-refractivity contribution in [3.8, 4) is 5.75 Å². The van der Waals surface area contributed by atoms with Crippen LogP contribution in [0, 0.1) is 17.8 Å². The Hall–Kier alpha value is -2.63. The van der Waals surface area contributed by atoms with Gasteiger partial charge < -0.3 is 14.4 Å². The highest BCUT2D eigenvalue weighted by molar-refractivity contribution is 7.90. The summed E-state index contributed by atoms with van der Waals surface area (Å²) in [6, 6.07) is 12.3. The number of amides is 1. The van der Waals surface area contributed by atoms with E-state index in [-0.39, 0.29) is 17.9 Å². The number of fused-ring (bicyclic) bond motifs is 3. The number of hydrogen-bond donors (Lipinski definition) is 1. The third-order valence-electron chi connectivity index (χ3n) is 12.5. The summed E-state index contributed by atoms with van der Waals surface area (Å²) in [5, 5.41) is -0.0630. The maximum atomic E-state index is 13.7. The van der Waals surface area contributed by atoms with Crippen LogP contribution in [0.2, 0.25) is 5.02 Å². The topological polar surface area (TPSA) is 91.4 Å². The normalized spacial score (nSPS) is 30.7. The second kappa shape index (κ2) is 17.2. The van der Waals surface area contributed by atoms with Crippen molar-refractivity contribution in [3.63, 3.8) is 0 Å². The molecule has 3 aliphatic heterocycles. The van der Waals surface area contributed by atoms with Gasteiger partial charge in [0.15, 0.2) is 0 Å². The van der Waals surface area contributed by atoms with E-state index in [2.05, 4.69) is 66.2 Å². The lowest BCUT2D eigenvalue weighted by Crippen LogP contribution is -2.61. The number of sulfonamides is 1. The molecule has 54 heavy (non-hydrogen) atoms. The fraction of sp³-hybridized carbons (Fsp3) is 0.651. The predicted octanol–water partition coefficient (Wildman–Crippen LogP) is 7.71. The van der Waals surface area contributed by atoms with E-state index in [1.54, 1.807) is 13.0 Å². The lowest BCUT2D eigenvalue weighted by Gasteiger charge is -2.53. The first kappa shape index (κ1) is 41.0. The van der Waals surface area contributed by atoms with Crippen LogP contribution in [0.1, 0.15) is 102 Å². The Morgan fingerprint density at radius 1 is 0.981 bits per heavy atom. The highest BCUT2D eigenvalue weighted by atomic mass is 35.5. The minimum Gasteiger partial charge on any atom is -0.487 e. The number of piperazine rings is 1. The number of anilines is 1. The lowest BCUT2D eigenvalue weighted by molar-refractivity contribution is -0.140. The summed E-state index contributed by atoms with van der Waals surface area (Å²) in [5.41, 5.74) is 2.87. The van der Waals surface area contributed by atoms with Crippen LogP contribution < -0.4 is 14.4 Å². The van der Waals surface area contributed by atoms with Crippen molar-refractivity contribution in [1.29, 1.82) is 0 Å². The first-order chi connectivity index (χ1) is 25.7. The second-order valence-electron chi connectivity index (χ2n) is 17.1. The Labute approximate surface area is 329 Å². The zero-order chi connectivity index (χ0) is 38.8. The van der Waals surface area contributed by atoms with Gasteiger partial charge in [-0.2, -0.15) is 0 Å². The number of allylic oxidation sites excluding steroid dienone is 1. The first-order valence-corrected chi connectivity index (χ1v) is 22.3. The van der Waals surface area contributed by atoms with E-state index in [1.807, 2.05) is 37.3 Å². The molecule has 0 aromatic heterocycles. The summed E-state index contributed by atoms with van der Waals surface area (Å²) >= 11 is 6.43. The van der Waals surface area contributed by atoms with Gasteiger partial charge in [0, 0.05) is 61.9 Å². The molecule has 2 bridgehead atoms. The number of carbonyl (C=O) groups excluding carboxylic acids is 1. The number of carbonyl (C=O) groups is 1. The SMILES string of the molecule is CC(C)O[C@]1(CN2CCN(C(C)C)[C@H](C)C2)/C=C/C[C@H](C)[C@@H](C)S(=O)(=O)NC(=O)c2ccc3c(c2)N(CCCCc2cc(Cl)ccc2CO3)C[C@@H]2CC[C@H]21. The van der Waals surface area contributed by atoms with Crippen LogP contribution in [-0.4, -0.2) is 92.4 Å². The number of benzene rings is 2. The molecule has 9 nitrogen and oxygen atoms in total. The van der Waals surface area contributed by atoms with Gasteiger partial charge in [-0.15, -0.1) is 0 Å². The third kappa shape index (κ3) is 9.31. The van der Waals surface area contributed by atoms with E-state index in [4.69, 9.17) is 21.1 Å². The molecule has 11 heteroatoms. The fourth-order valence-corrected chi connectivity index (χ4v) is 10.7. The summed E-state index contributed by atoms with van der Waals surface area (Å²) in [7, 11) is -3.97. The molecule has 0 radical (unpaired) electrons. The Balaban J connectivity index is 1.41. The summed E-state index contributed by atoms with van der Waals surface area (Å²) in [4.78, 5) is 21.3. The molecule has 1 saturated carbocycles. The average molecular weight is 784 g/mol. The molecule has 3 heterocycles. The van der Waals surface area contributed by atoms with Gasteiger partial charge in [-0.1, -0.05) is 36.7 Å². The third-order valence-corrected chi connectivity index (χ3v) is 14.7. The zero-order valence-corrected chi connectivity index (χ0v) is 35.1. The quantitative estimate of drug-likeness (QED) is 0.309. The van der Waals surface area contributed by atoms with E-state index in [1.165, 1.54) is 5.56 Å². The molecule has 1 saturated heterocycles. The molecule has 1 N–H and O–H groups in total. The molecule has 2 aromatic carbocycles. The number of hydrogen-bond acceptors (Lipinski definition) is 8. The van der Waals surface area contributed by atoms with E-state index >= 15 is 0 Å². The maximum absolute atomic E-state index is 13.7. The molecule has 0 unspecified atom stereocenters. The summed E-state index contributed by atoms with van der Waals surface area (Å²) in [5.74, 6) is 0.444. The number of aryl methyl sites for hydroxylation is 1. The summed E-state index contributed by atoms with van der Waals surface area (Å²) < 4.78 is 43.5. The van der Waals surface area contributed by atoms with Gasteiger partial charge >= 0.3 is 0 Å². The van der Waals surface area contributed by atoms with Gasteiger partial charge in [-0.05, 0) is 139 Å². The number of rotatable bonds is 5. The van der Waals surface area contributed by atoms with Crippen molar-refractivity contribution in [1.82, 2.24) is 14.5 Å². The molecule has 6 atom stereocenters. The van der Waals surface area contributed by atoms with E-state index < -0.39 is 26.8 Å². The van der Waals surface area contributed by atoms with E-state index in [9.17, 15) is 13.2 Å². The van der Waals surface area contributed by atoms with E-state index in [0.717, 1.165) is 87.6 Å². The Morgan fingerprint density at radius 2 is 1.78 bits per heavy atom. The monoisotopic (exact) mass is 782 g/mol. The van der Waals surface area contributed by atoms with Gasteiger partial charge in [-0.25, -0.2) is 13.1 Å². The van der Waals surface area contributed by atoms with Gasteiger partial charge in [0.2, 0.25) is 10.0 Å². The van der Waals surface area contributed by atoms with Crippen LogP contribution in [0.5, 0.6) is 5.75 Å². The average Bonchev–Trinajstić information content (AvgIpc) is 3.11. The van der Waals surface area contributed by atoms with Crippen molar-refractivity contribution in [2.45, 2.75) is 123 Å². The van der Waals surface area contributed by atoms with E-state index in [0.29, 0.717) is 42.3 Å². The van der Waals surface area contributed by atoms with Crippen LogP contribution in [0.25, 0.3) is 0 Å². The zero-order valence-electron chi connectivity index (χ0n) is 33.5. The second-order valence-corrected chi connectivity index (χ2v) is 19.5. The lowest BCUT2D eigenvalue weighted by atomic mass is 9.63. The van der Waals surface area contributed by atoms with Crippen LogP contribution in [0.15, 0.2) is 48.6 Å². The van der Waals surface area contributed by atoms with Gasteiger partial charge in [0.25, 0.3) is 5.91 Å². The van der Waals surface area contributed by atoms with Crippen LogP contribution >= 0.6 is 11.6 Å². The van der Waals surface area contributed by atoms with Crippen molar-refractivity contribution in [2.75, 3.05) is 44.2 Å². The Bertz CT molecular complexity index is 1770. The standard InChI is InChI=1S/C43H63ClN4O5S/c1-29(2)48-22-21-46(25-32(48)6)28-43(53-30(3)4)19-10-11-31(5)33(7)54(50,51)45-42(49)35-15-18-41-40(24-35)47(26-36-14-17-39(36)43)20-9-8-12-34-23-38(44)16-13-37(34)27-52-41/h10,13,15-16,18-19,23-24,29-33,36,39H,8-9,11-12,14,17,20-22,25-28H2,1-7H3,(H,45,49)/b19-10+/t31-,32+,33+,36-,39+,43-/m0/s1. The molecule has 6 rings (SSSR count). The smallest absolute Gasteiger partial charge is 0.264 e. The molecule has 1 aliphatic carbocycles. The minimum absolute atomic E-state index is 0.00680. The first-order valence-electron chi connectivity index (χ1n) is 20.3. The Kier molecular flexibility index (Phi) is 13.1. The van der Waals surface area contributed by atoms with Gasteiger partial charge in [-0.3, -0.25) is 14.6 Å². The fourth-order valence-electron chi connectivity index (χ4n) is 9.26. The molecule has 298 valence electrons. The van der Waals surface area contributed by atoms with Gasteiger partial charge in [0.1, 0.15) is 18.0 Å². The predicted molar refractivity (Wildman–Crippen MR) is 219 cm³/mol. The molecule has 1 amide bonds. The van der Waals surface area contributed by atoms with Crippen LogP contribution in [0.4, 0.5) is 5.69 Å². The molecule has 2 fully saturated rings. The molecule has 0 spiro atoms. The number of nitrogens with zero attached hydrogens (tertiary/aromatic N) is 3. The number of nitrogens with one attached hydrogen (secondary N) is 1. The van der Waals surface area contributed by atoms with Gasteiger partial charge in [0.05, 0.1) is 17.0 Å². The largest absolute Gasteiger partial charge is 0.487 e. The number of ether oxygens (including phenoxy) is 2. The number of halogens is 1. The van der Waals surface area contributed by atoms with Crippen LogP contribution in [0.3, 0.4) is 0 Å². The maximum Gasteiger partial charge on any atom is 0.264 e. The highest BCUT2D eigenvalue weighted by Crippen LogP contribution is 2.47. The highest BCUT2D eigenvalue weighted by Gasteiger charge is 2.49. The molecular formula is C43H63ClN4O5S.